The lowest BCUT2D eigenvalue weighted by molar-refractivity contribution is -0.145. The monoisotopic (exact) mass is 585 g/mol. The number of fused-ring (bicyclic) bond motifs is 1. The molecule has 3 aromatic rings. The quantitative estimate of drug-likeness (QED) is 0.264. The Morgan fingerprint density at radius 3 is 2.38 bits per heavy atom. The Balaban J connectivity index is 1.74. The minimum Gasteiger partial charge on any atom is -0.444 e. The van der Waals surface area contributed by atoms with E-state index in [0.717, 1.165) is 30.0 Å². The molecule has 0 radical (unpaired) electrons. The summed E-state index contributed by atoms with van der Waals surface area (Å²) >= 11 is 1.58. The van der Waals surface area contributed by atoms with Crippen LogP contribution in [0.15, 0.2) is 66.7 Å². The van der Waals surface area contributed by atoms with Crippen molar-refractivity contribution in [2.45, 2.75) is 70.2 Å². The third-order valence-corrected chi connectivity index (χ3v) is 7.92. The Morgan fingerprint density at radius 1 is 1.05 bits per heavy atom. The van der Waals surface area contributed by atoms with Gasteiger partial charge in [-0.05, 0) is 93.0 Å². The zero-order valence-electron chi connectivity index (χ0n) is 24.7. The summed E-state index contributed by atoms with van der Waals surface area (Å²) in [5, 5.41) is 7.90. The molecule has 3 aromatic carbocycles. The molecule has 42 heavy (non-hydrogen) atoms. The average molecular weight is 586 g/mol. The number of carbonyl (C=O) groups is 3. The fraction of sp³-hybridized carbons (Fsp3) is 0.382. The van der Waals surface area contributed by atoms with E-state index in [1.54, 1.807) is 49.6 Å². The van der Waals surface area contributed by atoms with Crippen LogP contribution in [0.1, 0.15) is 63.6 Å². The van der Waals surface area contributed by atoms with Crippen LogP contribution in [0, 0.1) is 12.3 Å². The molecule has 2 unspecified atom stereocenters. The fourth-order valence-electron chi connectivity index (χ4n) is 5.07. The molecule has 0 bridgehead atoms. The highest BCUT2D eigenvalue weighted by Gasteiger charge is 2.42. The number of ether oxygens (including phenoxy) is 1. The van der Waals surface area contributed by atoms with Gasteiger partial charge in [-0.25, -0.2) is 4.79 Å². The van der Waals surface area contributed by atoms with E-state index < -0.39 is 23.8 Å². The van der Waals surface area contributed by atoms with E-state index in [1.807, 2.05) is 60.9 Å². The Bertz CT molecular complexity index is 1470. The second-order valence-corrected chi connectivity index (χ2v) is 12.5. The van der Waals surface area contributed by atoms with Gasteiger partial charge in [-0.15, -0.1) is 6.42 Å². The number of hydrogen-bond donors (Lipinski definition) is 2. The minimum atomic E-state index is -1.00. The van der Waals surface area contributed by atoms with Crippen LogP contribution < -0.4 is 10.6 Å². The van der Waals surface area contributed by atoms with Crippen molar-refractivity contribution < 1.29 is 19.1 Å². The Morgan fingerprint density at radius 2 is 1.74 bits per heavy atom. The molecule has 8 heteroatoms. The molecule has 0 aromatic heterocycles. The maximum absolute atomic E-state index is 14.4. The van der Waals surface area contributed by atoms with Crippen LogP contribution in [0.4, 0.5) is 10.5 Å². The van der Waals surface area contributed by atoms with Crippen molar-refractivity contribution in [2.75, 3.05) is 17.3 Å². The number of nitrogens with zero attached hydrogens (tertiary/aromatic N) is 1. The van der Waals surface area contributed by atoms with Crippen LogP contribution in [-0.2, 0) is 14.3 Å². The van der Waals surface area contributed by atoms with E-state index in [0.29, 0.717) is 29.0 Å². The van der Waals surface area contributed by atoms with Crippen molar-refractivity contribution in [2.24, 2.45) is 0 Å². The summed E-state index contributed by atoms with van der Waals surface area (Å²) in [6, 6.07) is 18.8. The van der Waals surface area contributed by atoms with Crippen LogP contribution in [0.2, 0.25) is 0 Å². The molecule has 220 valence electrons. The van der Waals surface area contributed by atoms with Gasteiger partial charge in [-0.2, -0.15) is 11.8 Å². The van der Waals surface area contributed by atoms with E-state index in [-0.39, 0.29) is 17.9 Å². The van der Waals surface area contributed by atoms with E-state index in [2.05, 4.69) is 16.6 Å². The lowest BCUT2D eigenvalue weighted by atomic mass is 9.87. The van der Waals surface area contributed by atoms with Gasteiger partial charge in [0.05, 0.1) is 0 Å². The normalized spacial score (nSPS) is 14.6. The lowest BCUT2D eigenvalue weighted by Gasteiger charge is -2.43. The summed E-state index contributed by atoms with van der Waals surface area (Å²) in [5.41, 5.74) is 1.00. The number of hydrogen-bond acceptors (Lipinski definition) is 5. The van der Waals surface area contributed by atoms with Crippen molar-refractivity contribution in [1.82, 2.24) is 10.2 Å². The molecule has 1 fully saturated rings. The van der Waals surface area contributed by atoms with Crippen LogP contribution in [0.25, 0.3) is 10.8 Å². The highest BCUT2D eigenvalue weighted by molar-refractivity contribution is 7.98. The van der Waals surface area contributed by atoms with Gasteiger partial charge in [0.2, 0.25) is 5.91 Å². The number of carbonyl (C=O) groups excluding carboxylic acids is 3. The smallest absolute Gasteiger partial charge is 0.408 e. The molecule has 2 atom stereocenters. The van der Waals surface area contributed by atoms with Crippen LogP contribution in [-0.4, -0.2) is 52.5 Å². The van der Waals surface area contributed by atoms with Crippen LogP contribution in [0.3, 0.4) is 0 Å². The van der Waals surface area contributed by atoms with Crippen molar-refractivity contribution in [3.8, 4) is 12.3 Å². The molecule has 1 aliphatic rings. The molecular formula is C34H39N3O4S. The molecule has 3 amide bonds. The third kappa shape index (κ3) is 7.65. The summed E-state index contributed by atoms with van der Waals surface area (Å²) in [4.78, 5) is 43.2. The van der Waals surface area contributed by atoms with E-state index in [1.165, 1.54) is 0 Å². The van der Waals surface area contributed by atoms with Crippen molar-refractivity contribution in [3.05, 3.63) is 77.9 Å². The Labute approximate surface area is 252 Å². The summed E-state index contributed by atoms with van der Waals surface area (Å²) in [5.74, 6) is 2.64. The number of alkyl carbamates (subject to hydrolysis) is 1. The van der Waals surface area contributed by atoms with Gasteiger partial charge in [-0.1, -0.05) is 54.5 Å². The van der Waals surface area contributed by atoms with Gasteiger partial charge in [0.15, 0.2) is 0 Å². The van der Waals surface area contributed by atoms with Crippen molar-refractivity contribution >= 4 is 46.1 Å². The fourth-order valence-corrected chi connectivity index (χ4v) is 5.54. The first-order valence-electron chi connectivity index (χ1n) is 14.3. The van der Waals surface area contributed by atoms with Crippen molar-refractivity contribution in [3.63, 3.8) is 0 Å². The molecule has 0 aliphatic heterocycles. The molecule has 1 aliphatic carbocycles. The number of terminal acetylenes is 1. The van der Waals surface area contributed by atoms with Gasteiger partial charge in [0.25, 0.3) is 5.91 Å². The predicted octanol–water partition coefficient (Wildman–Crippen LogP) is 6.53. The largest absolute Gasteiger partial charge is 0.444 e. The molecular weight excluding hydrogens is 546 g/mol. The Hall–Kier alpha value is -3.96. The van der Waals surface area contributed by atoms with E-state index in [4.69, 9.17) is 11.2 Å². The SMILES string of the molecule is C#Cc1ccccc1C(C(=O)Nc1ccc2ccccc2c1)N(C(=O)C(CCSC)NC(=O)OC(C)(C)C)C1CCC1. The van der Waals surface area contributed by atoms with Gasteiger partial charge < -0.3 is 20.3 Å². The molecule has 4 rings (SSSR count). The van der Waals surface area contributed by atoms with E-state index >= 15 is 0 Å². The maximum atomic E-state index is 14.4. The molecule has 7 nitrogen and oxygen atoms in total. The number of thioether (sulfide) groups is 1. The summed E-state index contributed by atoms with van der Waals surface area (Å²) in [7, 11) is 0. The standard InChI is InChI=1S/C34H39N3O4S/c1-6-23-12-9-10-17-28(23)30(31(38)35-26-19-18-24-13-7-8-14-25(24)22-26)37(27-15-11-16-27)32(39)29(20-21-42-5)36-33(40)41-34(2,3)4/h1,7-10,12-14,17-19,22,27,29-30H,11,15-16,20-21H2,2-5H3,(H,35,38)(H,36,40). The van der Waals surface area contributed by atoms with Gasteiger partial charge in [0.1, 0.15) is 17.7 Å². The Kier molecular flexibility index (Phi) is 10.2. The van der Waals surface area contributed by atoms with E-state index in [9.17, 15) is 14.4 Å². The van der Waals surface area contributed by atoms with Gasteiger partial charge >= 0.3 is 6.09 Å². The number of rotatable bonds is 10. The number of nitrogens with one attached hydrogen (secondary N) is 2. The molecule has 0 heterocycles. The highest BCUT2D eigenvalue weighted by atomic mass is 32.2. The second kappa shape index (κ2) is 13.8. The molecule has 0 saturated heterocycles. The molecule has 0 spiro atoms. The topological polar surface area (TPSA) is 87.7 Å². The zero-order valence-corrected chi connectivity index (χ0v) is 25.5. The second-order valence-electron chi connectivity index (χ2n) is 11.5. The summed E-state index contributed by atoms with van der Waals surface area (Å²) < 4.78 is 5.49. The predicted molar refractivity (Wildman–Crippen MR) is 170 cm³/mol. The number of anilines is 1. The van der Waals surface area contributed by atoms with Crippen LogP contribution in [0.5, 0.6) is 0 Å². The van der Waals surface area contributed by atoms with Crippen LogP contribution >= 0.6 is 11.8 Å². The average Bonchev–Trinajstić information content (AvgIpc) is 2.92. The summed E-state index contributed by atoms with van der Waals surface area (Å²) in [6.45, 7) is 5.32. The maximum Gasteiger partial charge on any atom is 0.408 e. The first kappa shape index (κ1) is 31.0. The highest BCUT2D eigenvalue weighted by Crippen LogP contribution is 2.36. The summed E-state index contributed by atoms with van der Waals surface area (Å²) in [6.07, 6.45) is 10.0. The number of benzene rings is 3. The number of amides is 3. The lowest BCUT2D eigenvalue weighted by Crippen LogP contribution is -2.57. The van der Waals surface area contributed by atoms with Gasteiger partial charge in [-0.3, -0.25) is 9.59 Å². The van der Waals surface area contributed by atoms with Gasteiger partial charge in [0, 0.05) is 17.3 Å². The molecule has 1 saturated carbocycles. The first-order valence-corrected chi connectivity index (χ1v) is 15.7. The minimum absolute atomic E-state index is 0.173. The first-order chi connectivity index (χ1) is 20.1. The zero-order chi connectivity index (χ0) is 30.3. The molecule has 2 N–H and O–H groups in total. The van der Waals surface area contributed by atoms with Crippen molar-refractivity contribution in [1.29, 1.82) is 0 Å². The third-order valence-electron chi connectivity index (χ3n) is 7.28.